The second kappa shape index (κ2) is 6.36. The molecule has 1 saturated heterocycles. The molecule has 0 N–H and O–H groups in total. The third-order valence-corrected chi connectivity index (χ3v) is 4.08. The summed E-state index contributed by atoms with van der Waals surface area (Å²) < 4.78 is 1.72. The summed E-state index contributed by atoms with van der Waals surface area (Å²) in [5, 5.41) is 4.43. The zero-order valence-corrected chi connectivity index (χ0v) is 13.8. The molecule has 7 heteroatoms. The fraction of sp³-hybridized carbons (Fsp3) is 0.500. The van der Waals surface area contributed by atoms with E-state index in [9.17, 15) is 4.79 Å². The van der Waals surface area contributed by atoms with Crippen LogP contribution in [0.5, 0.6) is 0 Å². The number of aromatic nitrogens is 4. The molecule has 3 heterocycles. The Morgan fingerprint density at radius 3 is 2.52 bits per heavy atom. The number of hydrogen-bond donors (Lipinski definition) is 0. The van der Waals surface area contributed by atoms with Gasteiger partial charge in [0.2, 0.25) is 0 Å². The number of carbonyl (C=O) groups is 1. The van der Waals surface area contributed by atoms with Crippen LogP contribution in [0.1, 0.15) is 35.8 Å². The van der Waals surface area contributed by atoms with Gasteiger partial charge in [0.25, 0.3) is 5.91 Å². The zero-order chi connectivity index (χ0) is 16.4. The van der Waals surface area contributed by atoms with Crippen molar-refractivity contribution < 1.29 is 4.79 Å². The van der Waals surface area contributed by atoms with Gasteiger partial charge in [0.05, 0.1) is 17.5 Å². The molecule has 7 nitrogen and oxygen atoms in total. The van der Waals surface area contributed by atoms with Crippen LogP contribution in [0.4, 0.5) is 5.82 Å². The van der Waals surface area contributed by atoms with Crippen LogP contribution in [-0.2, 0) is 7.05 Å². The number of anilines is 1. The highest BCUT2D eigenvalue weighted by Crippen LogP contribution is 2.20. The minimum absolute atomic E-state index is 0.0700. The SMILES string of the molecule is CC(C)c1nn(C)cc1C(=O)N1CCN(c2cnccn2)CC1. The number of carbonyl (C=O) groups excluding carboxylic acids is 1. The molecular formula is C16H22N6O. The van der Waals surface area contributed by atoms with E-state index < -0.39 is 0 Å². The van der Waals surface area contributed by atoms with Gasteiger partial charge in [-0.15, -0.1) is 0 Å². The Kier molecular flexibility index (Phi) is 4.27. The third kappa shape index (κ3) is 3.18. The predicted molar refractivity (Wildman–Crippen MR) is 87.4 cm³/mol. The monoisotopic (exact) mass is 314 g/mol. The molecule has 0 bridgehead atoms. The van der Waals surface area contributed by atoms with E-state index in [1.54, 1.807) is 23.3 Å². The number of rotatable bonds is 3. The van der Waals surface area contributed by atoms with Crippen molar-refractivity contribution in [3.8, 4) is 0 Å². The van der Waals surface area contributed by atoms with E-state index in [0.29, 0.717) is 13.1 Å². The van der Waals surface area contributed by atoms with E-state index in [1.807, 2.05) is 18.1 Å². The minimum Gasteiger partial charge on any atom is -0.352 e. The summed E-state index contributed by atoms with van der Waals surface area (Å²) in [7, 11) is 1.86. The van der Waals surface area contributed by atoms with Gasteiger partial charge < -0.3 is 9.80 Å². The Hall–Kier alpha value is -2.44. The Balaban J connectivity index is 1.69. The molecule has 0 radical (unpaired) electrons. The summed E-state index contributed by atoms with van der Waals surface area (Å²) in [6, 6.07) is 0. The normalized spacial score (nSPS) is 15.3. The molecule has 0 unspecified atom stereocenters. The second-order valence-electron chi connectivity index (χ2n) is 6.10. The van der Waals surface area contributed by atoms with Gasteiger partial charge in [-0.25, -0.2) is 4.98 Å². The molecule has 0 saturated carbocycles. The lowest BCUT2D eigenvalue weighted by molar-refractivity contribution is 0.0745. The van der Waals surface area contributed by atoms with Gasteiger partial charge in [-0.2, -0.15) is 5.10 Å². The van der Waals surface area contributed by atoms with Crippen LogP contribution in [0.3, 0.4) is 0 Å². The first-order chi connectivity index (χ1) is 11.1. The van der Waals surface area contributed by atoms with Crippen molar-refractivity contribution >= 4 is 11.7 Å². The topological polar surface area (TPSA) is 67.2 Å². The maximum atomic E-state index is 12.8. The van der Waals surface area contributed by atoms with Crippen molar-refractivity contribution in [1.29, 1.82) is 0 Å². The van der Waals surface area contributed by atoms with Crippen LogP contribution in [0.2, 0.25) is 0 Å². The van der Waals surface area contributed by atoms with Crippen molar-refractivity contribution in [2.75, 3.05) is 31.1 Å². The minimum atomic E-state index is 0.0700. The standard InChI is InChI=1S/C16H22N6O/c1-12(2)15-13(11-20(3)19-15)16(23)22-8-6-21(7-9-22)14-10-17-4-5-18-14/h4-5,10-12H,6-9H2,1-3H3. The molecule has 1 aliphatic rings. The Morgan fingerprint density at radius 1 is 1.17 bits per heavy atom. The summed E-state index contributed by atoms with van der Waals surface area (Å²) >= 11 is 0. The molecule has 3 rings (SSSR count). The van der Waals surface area contributed by atoms with E-state index in [4.69, 9.17) is 0 Å². The highest BCUT2D eigenvalue weighted by Gasteiger charge is 2.26. The Labute approximate surface area is 135 Å². The van der Waals surface area contributed by atoms with Gasteiger partial charge in [0.15, 0.2) is 0 Å². The zero-order valence-electron chi connectivity index (χ0n) is 13.8. The van der Waals surface area contributed by atoms with Gasteiger partial charge in [-0.3, -0.25) is 14.5 Å². The fourth-order valence-electron chi connectivity index (χ4n) is 2.86. The molecule has 1 fully saturated rings. The van der Waals surface area contributed by atoms with E-state index in [1.165, 1.54) is 0 Å². The summed E-state index contributed by atoms with van der Waals surface area (Å²) in [6.07, 6.45) is 6.94. The van der Waals surface area contributed by atoms with Crippen LogP contribution in [-0.4, -0.2) is 56.7 Å². The molecule has 0 atom stereocenters. The third-order valence-electron chi connectivity index (χ3n) is 4.08. The number of amides is 1. The van der Waals surface area contributed by atoms with Gasteiger partial charge >= 0.3 is 0 Å². The van der Waals surface area contributed by atoms with Gasteiger partial charge in [0.1, 0.15) is 5.82 Å². The fourth-order valence-corrected chi connectivity index (χ4v) is 2.86. The van der Waals surface area contributed by atoms with Crippen LogP contribution < -0.4 is 4.90 Å². The van der Waals surface area contributed by atoms with E-state index in [2.05, 4.69) is 33.8 Å². The molecular weight excluding hydrogens is 292 g/mol. The molecule has 0 spiro atoms. The van der Waals surface area contributed by atoms with Crippen molar-refractivity contribution in [3.05, 3.63) is 36.0 Å². The molecule has 0 aliphatic carbocycles. The quantitative estimate of drug-likeness (QED) is 0.854. The van der Waals surface area contributed by atoms with E-state index >= 15 is 0 Å². The first-order valence-electron chi connectivity index (χ1n) is 7.90. The van der Waals surface area contributed by atoms with Crippen LogP contribution in [0.25, 0.3) is 0 Å². The lowest BCUT2D eigenvalue weighted by Gasteiger charge is -2.35. The lowest BCUT2D eigenvalue weighted by Crippen LogP contribution is -2.49. The highest BCUT2D eigenvalue weighted by atomic mass is 16.2. The first-order valence-corrected chi connectivity index (χ1v) is 7.90. The van der Waals surface area contributed by atoms with Crippen molar-refractivity contribution in [3.63, 3.8) is 0 Å². The molecule has 23 heavy (non-hydrogen) atoms. The van der Waals surface area contributed by atoms with Crippen molar-refractivity contribution in [2.24, 2.45) is 7.05 Å². The van der Waals surface area contributed by atoms with Crippen LogP contribution in [0.15, 0.2) is 24.8 Å². The molecule has 0 aromatic carbocycles. The largest absolute Gasteiger partial charge is 0.352 e. The number of aryl methyl sites for hydroxylation is 1. The number of hydrogen-bond acceptors (Lipinski definition) is 5. The van der Waals surface area contributed by atoms with E-state index in [-0.39, 0.29) is 11.8 Å². The predicted octanol–water partition coefficient (Wildman–Crippen LogP) is 1.30. The van der Waals surface area contributed by atoms with Crippen molar-refractivity contribution in [2.45, 2.75) is 19.8 Å². The Morgan fingerprint density at radius 2 is 1.91 bits per heavy atom. The van der Waals surface area contributed by atoms with Crippen LogP contribution in [0, 0.1) is 0 Å². The smallest absolute Gasteiger partial charge is 0.257 e. The van der Waals surface area contributed by atoms with E-state index in [0.717, 1.165) is 30.2 Å². The van der Waals surface area contributed by atoms with Gasteiger partial charge in [0, 0.05) is 51.8 Å². The number of nitrogens with zero attached hydrogens (tertiary/aromatic N) is 6. The summed E-state index contributed by atoms with van der Waals surface area (Å²) in [4.78, 5) is 25.3. The second-order valence-corrected chi connectivity index (χ2v) is 6.10. The highest BCUT2D eigenvalue weighted by molar-refractivity contribution is 5.95. The van der Waals surface area contributed by atoms with Crippen molar-refractivity contribution in [1.82, 2.24) is 24.6 Å². The van der Waals surface area contributed by atoms with Gasteiger partial charge in [-0.1, -0.05) is 13.8 Å². The summed E-state index contributed by atoms with van der Waals surface area (Å²) in [5.41, 5.74) is 1.59. The maximum Gasteiger partial charge on any atom is 0.257 e. The average molecular weight is 314 g/mol. The summed E-state index contributed by atoms with van der Waals surface area (Å²) in [5.74, 6) is 1.17. The summed E-state index contributed by atoms with van der Waals surface area (Å²) in [6.45, 7) is 7.02. The van der Waals surface area contributed by atoms with Crippen LogP contribution >= 0.6 is 0 Å². The molecule has 1 amide bonds. The maximum absolute atomic E-state index is 12.8. The number of piperazine rings is 1. The average Bonchev–Trinajstić information content (AvgIpc) is 2.97. The molecule has 122 valence electrons. The molecule has 2 aromatic heterocycles. The molecule has 2 aromatic rings. The molecule has 1 aliphatic heterocycles. The first kappa shape index (κ1) is 15.5. The Bertz CT molecular complexity index is 673. The van der Waals surface area contributed by atoms with Gasteiger partial charge in [-0.05, 0) is 5.92 Å². The lowest BCUT2D eigenvalue weighted by atomic mass is 10.1.